The number of rotatable bonds is 6. The van der Waals surface area contributed by atoms with Crippen molar-refractivity contribution in [2.45, 2.75) is 39.8 Å². The van der Waals surface area contributed by atoms with Crippen molar-refractivity contribution in [3.8, 4) is 0 Å². The van der Waals surface area contributed by atoms with Gasteiger partial charge in [-0.3, -0.25) is 0 Å². The molecule has 1 unspecified atom stereocenters. The lowest BCUT2D eigenvalue weighted by molar-refractivity contribution is 0.0696. The van der Waals surface area contributed by atoms with Gasteiger partial charge in [-0.05, 0) is 18.4 Å². The molecule has 0 saturated carbocycles. The summed E-state index contributed by atoms with van der Waals surface area (Å²) >= 11 is 0. The van der Waals surface area contributed by atoms with Crippen LogP contribution in [0.4, 0.5) is 0 Å². The summed E-state index contributed by atoms with van der Waals surface area (Å²) in [7, 11) is 0. The maximum Gasteiger partial charge on any atom is 0.339 e. The number of furan rings is 1. The van der Waals surface area contributed by atoms with Gasteiger partial charge in [-0.15, -0.1) is 0 Å². The number of hydrogen-bond donors (Lipinski definition) is 2. The highest BCUT2D eigenvalue weighted by Crippen LogP contribution is 2.26. The van der Waals surface area contributed by atoms with E-state index in [1.807, 2.05) is 12.1 Å². The van der Waals surface area contributed by atoms with Crippen molar-refractivity contribution < 1.29 is 14.3 Å². The van der Waals surface area contributed by atoms with Crippen LogP contribution in [0.25, 0.3) is 11.0 Å². The van der Waals surface area contributed by atoms with E-state index in [-0.39, 0.29) is 5.56 Å². The minimum atomic E-state index is -0.940. The van der Waals surface area contributed by atoms with Crippen molar-refractivity contribution >= 4 is 16.9 Å². The zero-order valence-electron chi connectivity index (χ0n) is 12.1. The molecule has 2 N–H and O–H groups in total. The van der Waals surface area contributed by atoms with Crippen LogP contribution in [0.5, 0.6) is 0 Å². The van der Waals surface area contributed by atoms with Crippen LogP contribution in [-0.4, -0.2) is 17.1 Å². The fraction of sp³-hybridized carbons (Fsp3) is 0.438. The summed E-state index contributed by atoms with van der Waals surface area (Å²) in [4.78, 5) is 11.5. The summed E-state index contributed by atoms with van der Waals surface area (Å²) in [5.74, 6) is 0.0554. The summed E-state index contributed by atoms with van der Waals surface area (Å²) < 4.78 is 5.69. The van der Waals surface area contributed by atoms with E-state index in [4.69, 9.17) is 4.42 Å². The number of carbonyl (C=O) groups is 1. The Balaban J connectivity index is 2.29. The lowest BCUT2D eigenvalue weighted by Gasteiger charge is -2.20. The molecule has 0 fully saturated rings. The molecule has 4 nitrogen and oxygen atoms in total. The molecule has 0 spiro atoms. The summed E-state index contributed by atoms with van der Waals surface area (Å²) in [6, 6.07) is 7.60. The first-order valence-corrected chi connectivity index (χ1v) is 7.01. The van der Waals surface area contributed by atoms with Crippen LogP contribution in [0.1, 0.15) is 43.3 Å². The molecule has 2 rings (SSSR count). The van der Waals surface area contributed by atoms with Gasteiger partial charge in [-0.2, -0.15) is 0 Å². The zero-order valence-corrected chi connectivity index (χ0v) is 12.1. The van der Waals surface area contributed by atoms with Gasteiger partial charge in [0.05, 0.1) is 6.54 Å². The molecule has 4 heteroatoms. The Morgan fingerprint density at radius 1 is 1.35 bits per heavy atom. The van der Waals surface area contributed by atoms with Gasteiger partial charge in [0.15, 0.2) is 0 Å². The van der Waals surface area contributed by atoms with E-state index in [2.05, 4.69) is 26.1 Å². The van der Waals surface area contributed by atoms with E-state index >= 15 is 0 Å². The Kier molecular flexibility index (Phi) is 4.45. The van der Waals surface area contributed by atoms with E-state index in [1.54, 1.807) is 12.1 Å². The fourth-order valence-corrected chi connectivity index (χ4v) is 2.53. The van der Waals surface area contributed by atoms with Gasteiger partial charge in [0.2, 0.25) is 0 Å². The summed E-state index contributed by atoms with van der Waals surface area (Å²) in [6.07, 6.45) is 1.00. The number of hydrogen-bond acceptors (Lipinski definition) is 3. The molecule has 20 heavy (non-hydrogen) atoms. The lowest BCUT2D eigenvalue weighted by Crippen LogP contribution is -2.32. The molecule has 1 aromatic carbocycles. The molecular formula is C16H21NO3. The Morgan fingerprint density at radius 3 is 2.65 bits per heavy atom. The molecule has 0 aliphatic rings. The van der Waals surface area contributed by atoms with E-state index in [1.165, 1.54) is 0 Å². The molecule has 0 amide bonds. The third-order valence-electron chi connectivity index (χ3n) is 3.65. The molecule has 1 heterocycles. The van der Waals surface area contributed by atoms with Crippen LogP contribution in [0.2, 0.25) is 0 Å². The topological polar surface area (TPSA) is 62.5 Å². The van der Waals surface area contributed by atoms with Crippen molar-refractivity contribution in [1.29, 1.82) is 0 Å². The number of carboxylic acid groups (broad SMARTS) is 1. The van der Waals surface area contributed by atoms with Crippen molar-refractivity contribution in [3.05, 3.63) is 35.6 Å². The van der Waals surface area contributed by atoms with Gasteiger partial charge in [-0.25, -0.2) is 4.79 Å². The largest absolute Gasteiger partial charge is 0.478 e. The molecule has 0 aliphatic heterocycles. The van der Waals surface area contributed by atoms with Crippen molar-refractivity contribution in [2.24, 2.45) is 5.92 Å². The quantitative estimate of drug-likeness (QED) is 0.844. The van der Waals surface area contributed by atoms with E-state index < -0.39 is 5.97 Å². The number of nitrogens with one attached hydrogen (secondary N) is 1. The average molecular weight is 275 g/mol. The lowest BCUT2D eigenvalue weighted by atomic mass is 10.0. The second-order valence-electron chi connectivity index (χ2n) is 5.34. The van der Waals surface area contributed by atoms with Gasteiger partial charge < -0.3 is 14.8 Å². The minimum absolute atomic E-state index is 0.270. The highest BCUT2D eigenvalue weighted by molar-refractivity contribution is 6.03. The number of para-hydroxylation sites is 1. The summed E-state index contributed by atoms with van der Waals surface area (Å²) in [5, 5.41) is 13.4. The Morgan fingerprint density at radius 2 is 2.05 bits per heavy atom. The summed E-state index contributed by atoms with van der Waals surface area (Å²) in [5.41, 5.74) is 0.894. The van der Waals surface area contributed by atoms with Gasteiger partial charge in [0.25, 0.3) is 0 Å². The third kappa shape index (κ3) is 2.85. The van der Waals surface area contributed by atoms with Crippen molar-refractivity contribution in [1.82, 2.24) is 5.32 Å². The second-order valence-corrected chi connectivity index (χ2v) is 5.34. The van der Waals surface area contributed by atoms with Crippen LogP contribution in [0.3, 0.4) is 0 Å². The number of benzene rings is 1. The van der Waals surface area contributed by atoms with Gasteiger partial charge >= 0.3 is 5.97 Å². The third-order valence-corrected chi connectivity index (χ3v) is 3.65. The Bertz CT molecular complexity index is 601. The maximum absolute atomic E-state index is 11.5. The van der Waals surface area contributed by atoms with Gasteiger partial charge in [0.1, 0.15) is 16.9 Å². The van der Waals surface area contributed by atoms with E-state index in [0.29, 0.717) is 35.2 Å². The first-order chi connectivity index (χ1) is 9.54. The molecule has 1 aromatic heterocycles. The van der Waals surface area contributed by atoms with E-state index in [0.717, 1.165) is 6.42 Å². The number of aromatic carboxylic acids is 1. The number of fused-ring (bicyclic) bond motifs is 1. The van der Waals surface area contributed by atoms with Gasteiger partial charge in [0, 0.05) is 11.4 Å². The zero-order chi connectivity index (χ0) is 14.7. The number of carboxylic acids is 1. The molecule has 1 atom stereocenters. The normalized spacial score (nSPS) is 13.0. The highest BCUT2D eigenvalue weighted by Gasteiger charge is 2.20. The molecule has 0 radical (unpaired) electrons. The second kappa shape index (κ2) is 6.09. The minimum Gasteiger partial charge on any atom is -0.478 e. The molecule has 108 valence electrons. The van der Waals surface area contributed by atoms with Crippen molar-refractivity contribution in [2.75, 3.05) is 0 Å². The molecular weight excluding hydrogens is 254 g/mol. The Labute approximate surface area is 118 Å². The highest BCUT2D eigenvalue weighted by atomic mass is 16.4. The van der Waals surface area contributed by atoms with Crippen molar-refractivity contribution in [3.63, 3.8) is 0 Å². The predicted octanol–water partition coefficient (Wildman–Crippen LogP) is 3.66. The van der Waals surface area contributed by atoms with Gasteiger partial charge in [-0.1, -0.05) is 39.0 Å². The van der Waals surface area contributed by atoms with Crippen LogP contribution >= 0.6 is 0 Å². The molecule has 0 aliphatic carbocycles. The monoisotopic (exact) mass is 275 g/mol. The van der Waals surface area contributed by atoms with E-state index in [9.17, 15) is 9.90 Å². The Hall–Kier alpha value is -1.81. The summed E-state index contributed by atoms with van der Waals surface area (Å²) in [6.45, 7) is 6.86. The van der Waals surface area contributed by atoms with Crippen LogP contribution in [0, 0.1) is 5.92 Å². The van der Waals surface area contributed by atoms with Crippen LogP contribution in [0.15, 0.2) is 28.7 Å². The first-order valence-electron chi connectivity index (χ1n) is 7.01. The standard InChI is InChI=1S/C16H21NO3/c1-4-12(10(2)3)17-9-14-15(16(18)19)11-7-5-6-8-13(11)20-14/h5-8,10,12,17H,4,9H2,1-3H3,(H,18,19). The SMILES string of the molecule is CCC(NCc1oc2ccccc2c1C(=O)O)C(C)C. The van der Waals surface area contributed by atoms with Crippen LogP contribution < -0.4 is 5.32 Å². The van der Waals surface area contributed by atoms with Crippen LogP contribution in [-0.2, 0) is 6.54 Å². The predicted molar refractivity (Wildman–Crippen MR) is 78.9 cm³/mol. The maximum atomic E-state index is 11.5. The molecule has 0 saturated heterocycles. The first kappa shape index (κ1) is 14.6. The smallest absolute Gasteiger partial charge is 0.339 e. The fourth-order valence-electron chi connectivity index (χ4n) is 2.53. The average Bonchev–Trinajstić information content (AvgIpc) is 2.77. The molecule has 2 aromatic rings. The molecule has 0 bridgehead atoms.